The molecule has 1 unspecified atom stereocenters. The molecule has 5 rings (SSSR count). The van der Waals surface area contributed by atoms with Crippen LogP contribution in [0.25, 0.3) is 11.0 Å². The molecule has 3 heterocycles. The van der Waals surface area contributed by atoms with Gasteiger partial charge in [-0.3, -0.25) is 4.79 Å². The Hall–Kier alpha value is -2.83. The molecule has 2 aliphatic heterocycles. The van der Waals surface area contributed by atoms with Crippen molar-refractivity contribution in [3.8, 4) is 5.75 Å². The van der Waals surface area contributed by atoms with Crippen LogP contribution in [-0.4, -0.2) is 43.4 Å². The van der Waals surface area contributed by atoms with Crippen LogP contribution in [0.2, 0.25) is 0 Å². The fourth-order valence-electron chi connectivity index (χ4n) is 4.30. The summed E-state index contributed by atoms with van der Waals surface area (Å²) < 4.78 is 23.4. The number of rotatable bonds is 5. The standard InChI is InChI=1S/C24H25NO5/c26-23(25-12-6-7-17(15-25)24-27-13-14-28-24)22-20(16-29-18-8-2-1-3-9-18)19-10-4-5-11-21(19)30-22/h1-5,8-11,17,24H,6-7,12-16H2. The molecule has 0 bridgehead atoms. The first-order valence-corrected chi connectivity index (χ1v) is 10.5. The number of nitrogens with zero attached hydrogens (tertiary/aromatic N) is 1. The highest BCUT2D eigenvalue weighted by atomic mass is 16.7. The second kappa shape index (κ2) is 8.50. The van der Waals surface area contributed by atoms with Gasteiger partial charge < -0.3 is 23.5 Å². The normalized spacial score (nSPS) is 20.0. The first kappa shape index (κ1) is 19.2. The number of hydrogen-bond donors (Lipinski definition) is 0. The van der Waals surface area contributed by atoms with Crippen LogP contribution in [-0.2, 0) is 16.1 Å². The molecule has 1 atom stereocenters. The molecular formula is C24H25NO5. The van der Waals surface area contributed by atoms with E-state index in [4.69, 9.17) is 18.6 Å². The van der Waals surface area contributed by atoms with Gasteiger partial charge in [-0.2, -0.15) is 0 Å². The highest BCUT2D eigenvalue weighted by Crippen LogP contribution is 2.31. The predicted octanol–water partition coefficient (Wildman–Crippen LogP) is 4.24. The van der Waals surface area contributed by atoms with E-state index in [1.165, 1.54) is 0 Å². The Labute approximate surface area is 175 Å². The number of piperidine rings is 1. The van der Waals surface area contributed by atoms with E-state index in [-0.39, 0.29) is 24.7 Å². The molecule has 30 heavy (non-hydrogen) atoms. The number of carbonyl (C=O) groups excluding carboxylic acids is 1. The van der Waals surface area contributed by atoms with Gasteiger partial charge in [-0.05, 0) is 31.0 Å². The number of para-hydroxylation sites is 2. The van der Waals surface area contributed by atoms with E-state index in [0.717, 1.165) is 29.5 Å². The molecule has 2 aliphatic rings. The third-order valence-corrected chi connectivity index (χ3v) is 5.80. The largest absolute Gasteiger partial charge is 0.489 e. The van der Waals surface area contributed by atoms with Gasteiger partial charge in [0.25, 0.3) is 5.91 Å². The van der Waals surface area contributed by atoms with Crippen molar-refractivity contribution in [3.05, 3.63) is 65.9 Å². The Balaban J connectivity index is 1.40. The SMILES string of the molecule is O=C(c1oc2ccccc2c1COc1ccccc1)N1CCCC(C2OCCO2)C1. The number of furan rings is 1. The maximum atomic E-state index is 13.5. The van der Waals surface area contributed by atoms with Gasteiger partial charge in [0, 0.05) is 30.0 Å². The van der Waals surface area contributed by atoms with Crippen molar-refractivity contribution < 1.29 is 23.4 Å². The van der Waals surface area contributed by atoms with Gasteiger partial charge in [-0.15, -0.1) is 0 Å². The van der Waals surface area contributed by atoms with Gasteiger partial charge >= 0.3 is 0 Å². The summed E-state index contributed by atoms with van der Waals surface area (Å²) in [5.41, 5.74) is 1.48. The molecule has 2 aromatic carbocycles. The van der Waals surface area contributed by atoms with Gasteiger partial charge in [0.2, 0.25) is 0 Å². The maximum Gasteiger partial charge on any atom is 0.290 e. The molecule has 0 saturated carbocycles. The van der Waals surface area contributed by atoms with Gasteiger partial charge in [0.1, 0.15) is 17.9 Å². The van der Waals surface area contributed by atoms with E-state index in [0.29, 0.717) is 37.6 Å². The molecule has 0 spiro atoms. The molecule has 1 aromatic heterocycles. The molecule has 156 valence electrons. The van der Waals surface area contributed by atoms with Crippen LogP contribution < -0.4 is 4.74 Å². The van der Waals surface area contributed by atoms with E-state index in [1.54, 1.807) is 0 Å². The average molecular weight is 407 g/mol. The molecule has 0 radical (unpaired) electrons. The molecule has 6 nitrogen and oxygen atoms in total. The smallest absolute Gasteiger partial charge is 0.290 e. The molecule has 0 N–H and O–H groups in total. The second-order valence-corrected chi connectivity index (χ2v) is 7.77. The number of fused-ring (bicyclic) bond motifs is 1. The van der Waals surface area contributed by atoms with Crippen LogP contribution in [0.5, 0.6) is 5.75 Å². The summed E-state index contributed by atoms with van der Waals surface area (Å²) in [4.78, 5) is 15.3. The number of hydrogen-bond acceptors (Lipinski definition) is 5. The maximum absolute atomic E-state index is 13.5. The van der Waals surface area contributed by atoms with E-state index in [2.05, 4.69) is 0 Å². The topological polar surface area (TPSA) is 61.1 Å². The van der Waals surface area contributed by atoms with E-state index >= 15 is 0 Å². The Morgan fingerprint density at radius 3 is 2.63 bits per heavy atom. The van der Waals surface area contributed by atoms with Gasteiger partial charge in [-0.25, -0.2) is 0 Å². The lowest BCUT2D eigenvalue weighted by Crippen LogP contribution is -2.44. The molecular weight excluding hydrogens is 382 g/mol. The Bertz CT molecular complexity index is 1010. The van der Waals surface area contributed by atoms with Crippen LogP contribution in [0.15, 0.2) is 59.0 Å². The monoisotopic (exact) mass is 407 g/mol. The minimum Gasteiger partial charge on any atom is -0.489 e. The van der Waals surface area contributed by atoms with E-state index in [9.17, 15) is 4.79 Å². The van der Waals surface area contributed by atoms with Crippen molar-refractivity contribution in [2.75, 3.05) is 26.3 Å². The van der Waals surface area contributed by atoms with Gasteiger partial charge in [0.15, 0.2) is 12.1 Å². The lowest BCUT2D eigenvalue weighted by molar-refractivity contribution is -0.0970. The Morgan fingerprint density at radius 2 is 1.80 bits per heavy atom. The van der Waals surface area contributed by atoms with Crippen LogP contribution in [0, 0.1) is 5.92 Å². The van der Waals surface area contributed by atoms with Crippen molar-refractivity contribution in [2.45, 2.75) is 25.7 Å². The third-order valence-electron chi connectivity index (χ3n) is 5.80. The number of ether oxygens (including phenoxy) is 3. The highest BCUT2D eigenvalue weighted by Gasteiger charge is 2.35. The number of amides is 1. The molecule has 0 aliphatic carbocycles. The number of likely N-dealkylation sites (tertiary alicyclic amines) is 1. The van der Waals surface area contributed by atoms with E-state index < -0.39 is 0 Å². The van der Waals surface area contributed by atoms with Crippen molar-refractivity contribution in [1.82, 2.24) is 4.90 Å². The van der Waals surface area contributed by atoms with Crippen LogP contribution in [0.3, 0.4) is 0 Å². The fourth-order valence-corrected chi connectivity index (χ4v) is 4.30. The minimum atomic E-state index is -0.211. The molecule has 1 amide bonds. The number of benzene rings is 2. The molecule has 3 aromatic rings. The summed E-state index contributed by atoms with van der Waals surface area (Å²) >= 11 is 0. The summed E-state index contributed by atoms with van der Waals surface area (Å²) in [6, 6.07) is 17.3. The zero-order chi connectivity index (χ0) is 20.3. The van der Waals surface area contributed by atoms with Crippen LogP contribution in [0.1, 0.15) is 29.0 Å². The molecule has 6 heteroatoms. The summed E-state index contributed by atoms with van der Waals surface area (Å²) in [5, 5.41) is 0.910. The first-order chi connectivity index (χ1) is 14.8. The van der Waals surface area contributed by atoms with Crippen molar-refractivity contribution in [3.63, 3.8) is 0 Å². The zero-order valence-electron chi connectivity index (χ0n) is 16.8. The second-order valence-electron chi connectivity index (χ2n) is 7.77. The summed E-state index contributed by atoms with van der Waals surface area (Å²) in [6.45, 7) is 2.84. The summed E-state index contributed by atoms with van der Waals surface area (Å²) in [7, 11) is 0. The highest BCUT2D eigenvalue weighted by molar-refractivity contribution is 5.99. The zero-order valence-corrected chi connectivity index (χ0v) is 16.8. The van der Waals surface area contributed by atoms with Crippen molar-refractivity contribution in [2.24, 2.45) is 5.92 Å². The van der Waals surface area contributed by atoms with Crippen LogP contribution >= 0.6 is 0 Å². The molecule has 2 saturated heterocycles. The van der Waals surface area contributed by atoms with Crippen LogP contribution in [0.4, 0.5) is 0 Å². The fraction of sp³-hybridized carbons (Fsp3) is 0.375. The average Bonchev–Trinajstić information content (AvgIpc) is 3.46. The van der Waals surface area contributed by atoms with Gasteiger partial charge in [-0.1, -0.05) is 36.4 Å². The molecule has 2 fully saturated rings. The first-order valence-electron chi connectivity index (χ1n) is 10.5. The quantitative estimate of drug-likeness (QED) is 0.633. The van der Waals surface area contributed by atoms with E-state index in [1.807, 2.05) is 59.5 Å². The summed E-state index contributed by atoms with van der Waals surface area (Å²) in [6.07, 6.45) is 1.71. The Kier molecular flexibility index (Phi) is 5.43. The lowest BCUT2D eigenvalue weighted by atomic mass is 9.97. The third kappa shape index (κ3) is 3.80. The summed E-state index contributed by atoms with van der Waals surface area (Å²) in [5.74, 6) is 1.22. The van der Waals surface area contributed by atoms with Crippen molar-refractivity contribution in [1.29, 1.82) is 0 Å². The minimum absolute atomic E-state index is 0.0967. The lowest BCUT2D eigenvalue weighted by Gasteiger charge is -2.34. The number of carbonyl (C=O) groups is 1. The van der Waals surface area contributed by atoms with Crippen molar-refractivity contribution >= 4 is 16.9 Å². The Morgan fingerprint density at radius 1 is 1.03 bits per heavy atom. The predicted molar refractivity (Wildman–Crippen MR) is 111 cm³/mol. The van der Waals surface area contributed by atoms with Gasteiger partial charge in [0.05, 0.1) is 13.2 Å².